The monoisotopic (exact) mass is 213 g/mol. The fourth-order valence-electron chi connectivity index (χ4n) is 0.897. The van der Waals surface area contributed by atoms with Crippen LogP contribution in [-0.4, -0.2) is 14.5 Å². The topological polar surface area (TPSA) is 51.8 Å². The largest absolute Gasteiger partial charge is 0.335 e. The number of hydrogen-bond donors (Lipinski definition) is 0. The number of hydrogen-bond acceptors (Lipinski definition) is 5. The lowest BCUT2D eigenvalue weighted by Crippen LogP contribution is -2.09. The minimum atomic E-state index is -1.61. The van der Waals surface area contributed by atoms with Crippen molar-refractivity contribution in [2.75, 3.05) is 0 Å². The molecule has 0 unspecified atom stereocenters. The fraction of sp³-hybridized carbons (Fsp3) is 0.375. The standard InChI is InChI=1S/C8H8FN3OS/c1-8(2,9)7-10-6(11-13-7)5-3-4-14-12-5/h3-4H,1-2H3. The molecule has 0 fully saturated rings. The normalized spacial score (nSPS) is 11.9. The Kier molecular flexibility index (Phi) is 2.07. The van der Waals surface area contributed by atoms with Gasteiger partial charge in [0.05, 0.1) is 0 Å². The molecule has 0 bridgehead atoms. The van der Waals surface area contributed by atoms with Gasteiger partial charge in [0.25, 0.3) is 5.89 Å². The minimum absolute atomic E-state index is 0.0273. The van der Waals surface area contributed by atoms with E-state index in [0.29, 0.717) is 11.5 Å². The molecule has 2 heterocycles. The van der Waals surface area contributed by atoms with E-state index in [2.05, 4.69) is 14.5 Å². The van der Waals surface area contributed by atoms with Crippen LogP contribution in [0.5, 0.6) is 0 Å². The van der Waals surface area contributed by atoms with Crippen molar-refractivity contribution >= 4 is 11.5 Å². The summed E-state index contributed by atoms with van der Waals surface area (Å²) in [6.07, 6.45) is 0. The first-order chi connectivity index (χ1) is 6.57. The second kappa shape index (κ2) is 3.13. The van der Waals surface area contributed by atoms with Crippen LogP contribution in [-0.2, 0) is 5.67 Å². The van der Waals surface area contributed by atoms with Crippen molar-refractivity contribution in [3.63, 3.8) is 0 Å². The van der Waals surface area contributed by atoms with Crippen LogP contribution in [0.4, 0.5) is 4.39 Å². The smallest absolute Gasteiger partial charge is 0.264 e. The second-order valence-electron chi connectivity index (χ2n) is 3.28. The van der Waals surface area contributed by atoms with Crippen LogP contribution in [0.25, 0.3) is 11.5 Å². The van der Waals surface area contributed by atoms with E-state index in [-0.39, 0.29) is 5.89 Å². The van der Waals surface area contributed by atoms with Crippen LogP contribution in [0.3, 0.4) is 0 Å². The summed E-state index contributed by atoms with van der Waals surface area (Å²) in [5, 5.41) is 5.44. The molecule has 0 saturated heterocycles. The maximum atomic E-state index is 13.4. The summed E-state index contributed by atoms with van der Waals surface area (Å²) in [7, 11) is 0. The van der Waals surface area contributed by atoms with Gasteiger partial charge >= 0.3 is 0 Å². The molecule has 0 atom stereocenters. The SMILES string of the molecule is CC(C)(F)c1nc(-c2ccsn2)no1. The maximum absolute atomic E-state index is 13.4. The molecule has 14 heavy (non-hydrogen) atoms. The average Bonchev–Trinajstić information content (AvgIpc) is 2.73. The van der Waals surface area contributed by atoms with Crippen molar-refractivity contribution in [1.29, 1.82) is 0 Å². The summed E-state index contributed by atoms with van der Waals surface area (Å²) >= 11 is 1.29. The van der Waals surface area contributed by atoms with E-state index in [1.54, 1.807) is 11.4 Å². The van der Waals surface area contributed by atoms with E-state index in [1.807, 2.05) is 0 Å². The number of aromatic nitrogens is 3. The fourth-order valence-corrected chi connectivity index (χ4v) is 1.40. The van der Waals surface area contributed by atoms with Gasteiger partial charge in [-0.3, -0.25) is 0 Å². The van der Waals surface area contributed by atoms with Gasteiger partial charge in [-0.1, -0.05) is 5.16 Å². The van der Waals surface area contributed by atoms with Crippen molar-refractivity contribution in [3.8, 4) is 11.5 Å². The van der Waals surface area contributed by atoms with Crippen LogP contribution in [0.2, 0.25) is 0 Å². The third kappa shape index (κ3) is 1.65. The Labute approximate surface area is 83.9 Å². The van der Waals surface area contributed by atoms with Crippen molar-refractivity contribution in [3.05, 3.63) is 17.3 Å². The zero-order valence-corrected chi connectivity index (χ0v) is 8.51. The molecule has 0 aromatic carbocycles. The lowest BCUT2D eigenvalue weighted by molar-refractivity contribution is 0.155. The highest BCUT2D eigenvalue weighted by molar-refractivity contribution is 7.03. The molecular formula is C8H8FN3OS. The molecule has 0 aliphatic carbocycles. The zero-order valence-electron chi connectivity index (χ0n) is 7.69. The molecule has 0 aliphatic rings. The number of rotatable bonds is 2. The van der Waals surface area contributed by atoms with E-state index < -0.39 is 5.67 Å². The van der Waals surface area contributed by atoms with Gasteiger partial charge < -0.3 is 4.52 Å². The van der Waals surface area contributed by atoms with E-state index >= 15 is 0 Å². The van der Waals surface area contributed by atoms with E-state index in [1.165, 1.54) is 25.4 Å². The van der Waals surface area contributed by atoms with Gasteiger partial charge in [0.2, 0.25) is 5.82 Å². The van der Waals surface area contributed by atoms with Crippen LogP contribution < -0.4 is 0 Å². The molecule has 0 radical (unpaired) electrons. The molecule has 2 aromatic rings. The van der Waals surface area contributed by atoms with Crippen LogP contribution >= 0.6 is 11.5 Å². The van der Waals surface area contributed by atoms with Crippen LogP contribution in [0.1, 0.15) is 19.7 Å². The third-order valence-electron chi connectivity index (χ3n) is 1.60. The van der Waals surface area contributed by atoms with Crippen molar-refractivity contribution < 1.29 is 8.91 Å². The van der Waals surface area contributed by atoms with Crippen molar-refractivity contribution in [1.82, 2.24) is 14.5 Å². The first-order valence-corrected chi connectivity index (χ1v) is 4.85. The van der Waals surface area contributed by atoms with Gasteiger partial charge in [0, 0.05) is 5.38 Å². The summed E-state index contributed by atoms with van der Waals surface area (Å²) in [5.74, 6) is 0.299. The Bertz CT molecular complexity index is 418. The van der Waals surface area contributed by atoms with E-state index in [0.717, 1.165) is 0 Å². The summed E-state index contributed by atoms with van der Waals surface area (Å²) in [5.41, 5.74) is -1.00. The van der Waals surface area contributed by atoms with Gasteiger partial charge in [-0.25, -0.2) is 4.39 Å². The maximum Gasteiger partial charge on any atom is 0.264 e. The quantitative estimate of drug-likeness (QED) is 0.768. The van der Waals surface area contributed by atoms with Gasteiger partial charge in [-0.15, -0.1) is 0 Å². The molecule has 0 aliphatic heterocycles. The highest BCUT2D eigenvalue weighted by Crippen LogP contribution is 2.24. The first kappa shape index (κ1) is 9.26. The van der Waals surface area contributed by atoms with Crippen molar-refractivity contribution in [2.45, 2.75) is 19.5 Å². The molecule has 0 amide bonds. The Morgan fingerprint density at radius 1 is 1.50 bits per heavy atom. The van der Waals surface area contributed by atoms with Gasteiger partial charge in [0.15, 0.2) is 5.67 Å². The first-order valence-electron chi connectivity index (χ1n) is 4.01. The number of halogens is 1. The van der Waals surface area contributed by atoms with Gasteiger partial charge in [-0.05, 0) is 31.4 Å². The van der Waals surface area contributed by atoms with Crippen LogP contribution in [0, 0.1) is 0 Å². The number of nitrogens with zero attached hydrogens (tertiary/aromatic N) is 3. The van der Waals surface area contributed by atoms with Gasteiger partial charge in [0.1, 0.15) is 5.69 Å². The molecule has 2 aromatic heterocycles. The Morgan fingerprint density at radius 2 is 2.29 bits per heavy atom. The Morgan fingerprint density at radius 3 is 2.79 bits per heavy atom. The minimum Gasteiger partial charge on any atom is -0.335 e. The highest BCUT2D eigenvalue weighted by Gasteiger charge is 2.27. The highest BCUT2D eigenvalue weighted by atomic mass is 32.1. The predicted octanol–water partition coefficient (Wildman–Crippen LogP) is 2.40. The summed E-state index contributed by atoms with van der Waals surface area (Å²) in [6, 6.07) is 1.75. The third-order valence-corrected chi connectivity index (χ3v) is 2.16. The summed E-state index contributed by atoms with van der Waals surface area (Å²) < 4.78 is 22.2. The lowest BCUT2D eigenvalue weighted by atomic mass is 10.2. The molecular weight excluding hydrogens is 205 g/mol. The van der Waals surface area contributed by atoms with Crippen molar-refractivity contribution in [2.24, 2.45) is 0 Å². The molecule has 4 nitrogen and oxygen atoms in total. The Hall–Kier alpha value is -1.30. The average molecular weight is 213 g/mol. The summed E-state index contributed by atoms with van der Waals surface area (Å²) in [6.45, 7) is 2.73. The van der Waals surface area contributed by atoms with E-state index in [9.17, 15) is 4.39 Å². The molecule has 0 N–H and O–H groups in total. The lowest BCUT2D eigenvalue weighted by Gasteiger charge is -2.05. The molecule has 2 rings (SSSR count). The van der Waals surface area contributed by atoms with Crippen LogP contribution in [0.15, 0.2) is 16.0 Å². The predicted molar refractivity (Wildman–Crippen MR) is 49.5 cm³/mol. The zero-order chi connectivity index (χ0) is 10.2. The molecule has 74 valence electrons. The molecule has 0 spiro atoms. The van der Waals surface area contributed by atoms with Gasteiger partial charge in [-0.2, -0.15) is 9.36 Å². The Balaban J connectivity index is 2.36. The number of alkyl halides is 1. The molecule has 0 saturated carbocycles. The van der Waals surface area contributed by atoms with E-state index in [4.69, 9.17) is 4.52 Å². The second-order valence-corrected chi connectivity index (χ2v) is 3.95. The molecule has 6 heteroatoms. The summed E-state index contributed by atoms with van der Waals surface area (Å²) in [4.78, 5) is 3.92.